The summed E-state index contributed by atoms with van der Waals surface area (Å²) in [6.07, 6.45) is 1.60. The van der Waals surface area contributed by atoms with Crippen molar-refractivity contribution in [3.63, 3.8) is 0 Å². The predicted molar refractivity (Wildman–Crippen MR) is 95.7 cm³/mol. The Labute approximate surface area is 147 Å². The van der Waals surface area contributed by atoms with E-state index in [1.54, 1.807) is 18.2 Å². The van der Waals surface area contributed by atoms with Crippen LogP contribution in [0.2, 0.25) is 0 Å². The number of halogens is 1. The van der Waals surface area contributed by atoms with Gasteiger partial charge in [-0.1, -0.05) is 35.0 Å². The van der Waals surface area contributed by atoms with E-state index >= 15 is 0 Å². The van der Waals surface area contributed by atoms with Crippen molar-refractivity contribution >= 4 is 33.2 Å². The zero-order valence-corrected chi connectivity index (χ0v) is 14.6. The van der Waals surface area contributed by atoms with Crippen molar-refractivity contribution in [2.75, 3.05) is 0 Å². The standard InChI is InChI=1S/C19H15BrO4/c1-2-12-3-5-16-14(9-19(22)24-18(16)7-12)11-23-17-6-4-15(20)8-13(17)10-21/h3-10H,2,11H2,1H3. The minimum atomic E-state index is -0.416. The van der Waals surface area contributed by atoms with Crippen LogP contribution in [0.1, 0.15) is 28.4 Å². The number of hydrogen-bond acceptors (Lipinski definition) is 4. The van der Waals surface area contributed by atoms with Crippen molar-refractivity contribution in [3.8, 4) is 5.75 Å². The van der Waals surface area contributed by atoms with E-state index in [0.29, 0.717) is 16.9 Å². The Kier molecular flexibility index (Phi) is 4.81. The highest BCUT2D eigenvalue weighted by Gasteiger charge is 2.09. The molecule has 1 heterocycles. The number of hydrogen-bond donors (Lipinski definition) is 0. The summed E-state index contributed by atoms with van der Waals surface area (Å²) >= 11 is 3.32. The maximum Gasteiger partial charge on any atom is 0.336 e. The van der Waals surface area contributed by atoms with Gasteiger partial charge in [-0.05, 0) is 36.2 Å². The van der Waals surface area contributed by atoms with Crippen molar-refractivity contribution in [1.82, 2.24) is 0 Å². The van der Waals surface area contributed by atoms with E-state index in [0.717, 1.165) is 33.7 Å². The number of aldehydes is 1. The summed E-state index contributed by atoms with van der Waals surface area (Å²) in [4.78, 5) is 23.0. The molecule has 0 unspecified atom stereocenters. The Bertz CT molecular complexity index is 959. The van der Waals surface area contributed by atoms with Crippen molar-refractivity contribution in [2.45, 2.75) is 20.0 Å². The predicted octanol–water partition coefficient (Wildman–Crippen LogP) is 4.51. The molecule has 0 radical (unpaired) electrons. The summed E-state index contributed by atoms with van der Waals surface area (Å²) < 4.78 is 11.8. The summed E-state index contributed by atoms with van der Waals surface area (Å²) in [5.41, 5.74) is 2.40. The highest BCUT2D eigenvalue weighted by molar-refractivity contribution is 9.10. The molecule has 0 amide bonds. The van der Waals surface area contributed by atoms with Gasteiger partial charge in [-0.2, -0.15) is 0 Å². The molecule has 0 spiro atoms. The molecule has 0 saturated carbocycles. The lowest BCUT2D eigenvalue weighted by Gasteiger charge is -2.10. The number of fused-ring (bicyclic) bond motifs is 1. The topological polar surface area (TPSA) is 56.5 Å². The van der Waals surface area contributed by atoms with Crippen LogP contribution < -0.4 is 10.4 Å². The van der Waals surface area contributed by atoms with Gasteiger partial charge in [0.05, 0.1) is 5.56 Å². The molecule has 24 heavy (non-hydrogen) atoms. The van der Waals surface area contributed by atoms with E-state index in [1.807, 2.05) is 25.1 Å². The summed E-state index contributed by atoms with van der Waals surface area (Å²) in [7, 11) is 0. The Balaban J connectivity index is 1.96. The van der Waals surface area contributed by atoms with Crippen LogP contribution in [-0.4, -0.2) is 6.29 Å². The molecule has 0 saturated heterocycles. The average Bonchev–Trinajstić information content (AvgIpc) is 2.59. The molecule has 3 aromatic rings. The molecule has 0 aliphatic heterocycles. The Morgan fingerprint density at radius 2 is 2.00 bits per heavy atom. The third-order valence-electron chi connectivity index (χ3n) is 3.78. The fraction of sp³-hybridized carbons (Fsp3) is 0.158. The van der Waals surface area contributed by atoms with Crippen LogP contribution in [0.25, 0.3) is 11.0 Å². The number of rotatable bonds is 5. The van der Waals surface area contributed by atoms with Crippen LogP contribution in [0.15, 0.2) is 56.1 Å². The molecule has 4 nitrogen and oxygen atoms in total. The van der Waals surface area contributed by atoms with Crippen LogP contribution >= 0.6 is 15.9 Å². The van der Waals surface area contributed by atoms with Crippen LogP contribution in [0.3, 0.4) is 0 Å². The molecule has 5 heteroatoms. The van der Waals surface area contributed by atoms with Crippen molar-refractivity contribution in [2.24, 2.45) is 0 Å². The number of aryl methyl sites for hydroxylation is 1. The van der Waals surface area contributed by atoms with Gasteiger partial charge in [-0.15, -0.1) is 0 Å². The molecule has 122 valence electrons. The van der Waals surface area contributed by atoms with Crippen LogP contribution in [-0.2, 0) is 13.0 Å². The third-order valence-corrected chi connectivity index (χ3v) is 4.28. The van der Waals surface area contributed by atoms with Gasteiger partial charge >= 0.3 is 5.63 Å². The van der Waals surface area contributed by atoms with Crippen LogP contribution in [0.5, 0.6) is 5.75 Å². The summed E-state index contributed by atoms with van der Waals surface area (Å²) in [6, 6.07) is 12.4. The minimum absolute atomic E-state index is 0.177. The van der Waals surface area contributed by atoms with Crippen molar-refractivity contribution in [3.05, 3.63) is 74.0 Å². The fourth-order valence-corrected chi connectivity index (χ4v) is 2.89. The van der Waals surface area contributed by atoms with Gasteiger partial charge in [0, 0.05) is 21.5 Å². The molecular weight excluding hydrogens is 372 g/mol. The first-order chi connectivity index (χ1) is 11.6. The maximum absolute atomic E-state index is 11.8. The first-order valence-electron chi connectivity index (χ1n) is 7.54. The second-order valence-electron chi connectivity index (χ2n) is 5.36. The van der Waals surface area contributed by atoms with E-state index in [1.165, 1.54) is 6.07 Å². The quantitative estimate of drug-likeness (QED) is 0.478. The number of ether oxygens (including phenoxy) is 1. The molecule has 0 N–H and O–H groups in total. The van der Waals surface area contributed by atoms with Crippen molar-refractivity contribution < 1.29 is 13.9 Å². The zero-order chi connectivity index (χ0) is 17.1. The number of benzene rings is 2. The monoisotopic (exact) mass is 386 g/mol. The lowest BCUT2D eigenvalue weighted by Crippen LogP contribution is -2.05. The SMILES string of the molecule is CCc1ccc2c(COc3ccc(Br)cc3C=O)cc(=O)oc2c1. The molecule has 0 atom stereocenters. The normalized spacial score (nSPS) is 10.8. The molecule has 3 rings (SSSR count). The van der Waals surface area contributed by atoms with E-state index in [2.05, 4.69) is 15.9 Å². The van der Waals surface area contributed by atoms with E-state index < -0.39 is 5.63 Å². The largest absolute Gasteiger partial charge is 0.488 e. The molecule has 0 aliphatic rings. The summed E-state index contributed by atoms with van der Waals surface area (Å²) in [6.45, 7) is 2.22. The van der Waals surface area contributed by atoms with Gasteiger partial charge in [-0.3, -0.25) is 4.79 Å². The summed E-state index contributed by atoms with van der Waals surface area (Å²) in [5.74, 6) is 0.472. The Hall–Kier alpha value is -2.40. The van der Waals surface area contributed by atoms with Crippen LogP contribution in [0.4, 0.5) is 0 Å². The first-order valence-corrected chi connectivity index (χ1v) is 8.33. The second kappa shape index (κ2) is 7.01. The van der Waals surface area contributed by atoms with Gasteiger partial charge in [0.1, 0.15) is 17.9 Å². The van der Waals surface area contributed by atoms with Gasteiger partial charge in [-0.25, -0.2) is 4.79 Å². The number of carbonyl (C=O) groups excluding carboxylic acids is 1. The maximum atomic E-state index is 11.8. The van der Waals surface area contributed by atoms with E-state index in [9.17, 15) is 9.59 Å². The minimum Gasteiger partial charge on any atom is -0.488 e. The smallest absolute Gasteiger partial charge is 0.336 e. The molecule has 0 fully saturated rings. The van der Waals surface area contributed by atoms with Gasteiger partial charge in [0.15, 0.2) is 6.29 Å². The van der Waals surface area contributed by atoms with E-state index in [-0.39, 0.29) is 6.61 Å². The van der Waals surface area contributed by atoms with Crippen LogP contribution in [0, 0.1) is 0 Å². The van der Waals surface area contributed by atoms with Gasteiger partial charge < -0.3 is 9.15 Å². The lowest BCUT2D eigenvalue weighted by molar-refractivity contribution is 0.111. The third kappa shape index (κ3) is 3.41. The Morgan fingerprint density at radius 3 is 2.75 bits per heavy atom. The second-order valence-corrected chi connectivity index (χ2v) is 6.28. The lowest BCUT2D eigenvalue weighted by atomic mass is 10.1. The number of carbonyl (C=O) groups is 1. The summed E-state index contributed by atoms with van der Waals surface area (Å²) in [5, 5.41) is 0.830. The first kappa shape index (κ1) is 16.5. The molecule has 0 bridgehead atoms. The molecule has 0 aliphatic carbocycles. The van der Waals surface area contributed by atoms with Crippen molar-refractivity contribution in [1.29, 1.82) is 0 Å². The molecular formula is C19H15BrO4. The van der Waals surface area contributed by atoms with Gasteiger partial charge in [0.25, 0.3) is 0 Å². The highest BCUT2D eigenvalue weighted by Crippen LogP contribution is 2.24. The Morgan fingerprint density at radius 1 is 1.17 bits per heavy atom. The van der Waals surface area contributed by atoms with Gasteiger partial charge in [0.2, 0.25) is 0 Å². The van der Waals surface area contributed by atoms with E-state index in [4.69, 9.17) is 9.15 Å². The molecule has 1 aromatic heterocycles. The highest BCUT2D eigenvalue weighted by atomic mass is 79.9. The fourth-order valence-electron chi connectivity index (χ4n) is 2.51. The average molecular weight is 387 g/mol. The zero-order valence-electron chi connectivity index (χ0n) is 13.0. The molecule has 2 aromatic carbocycles.